The van der Waals surface area contributed by atoms with Gasteiger partial charge in [-0.1, -0.05) is 0 Å². The Hall–Kier alpha value is -2.48. The maximum atomic E-state index is 12.1. The third-order valence-corrected chi connectivity index (χ3v) is 2.76. The minimum Gasteiger partial charge on any atom is -0.508 e. The second-order valence-electron chi connectivity index (χ2n) is 3.59. The van der Waals surface area contributed by atoms with Crippen molar-refractivity contribution in [3.8, 4) is 5.75 Å². The zero-order chi connectivity index (χ0) is 13.8. The van der Waals surface area contributed by atoms with Gasteiger partial charge in [0, 0.05) is 5.69 Å². The fourth-order valence-electron chi connectivity index (χ4n) is 1.45. The largest absolute Gasteiger partial charge is 0.508 e. The zero-order valence-electron chi connectivity index (χ0n) is 9.55. The fraction of sp³-hybridized carbons (Fsp3) is 0.0909. The van der Waals surface area contributed by atoms with Gasteiger partial charge >= 0.3 is 5.97 Å². The van der Waals surface area contributed by atoms with Crippen molar-refractivity contribution in [3.63, 3.8) is 0 Å². The Kier molecular flexibility index (Phi) is 3.71. The molecule has 0 aliphatic carbocycles. The smallest absolute Gasteiger partial charge is 0.323 e. The van der Waals surface area contributed by atoms with E-state index in [0.717, 1.165) is 16.6 Å². The number of aromatic hydroxyl groups is 1. The molecule has 0 radical (unpaired) electrons. The highest BCUT2D eigenvalue weighted by atomic mass is 32.1. The van der Waals surface area contributed by atoms with Crippen molar-refractivity contribution in [1.82, 2.24) is 8.75 Å². The first-order valence-corrected chi connectivity index (χ1v) is 5.91. The van der Waals surface area contributed by atoms with Crippen molar-refractivity contribution in [3.05, 3.63) is 36.2 Å². The number of aromatic nitrogens is 2. The highest BCUT2D eigenvalue weighted by Gasteiger charge is 2.22. The summed E-state index contributed by atoms with van der Waals surface area (Å²) < 4.78 is 7.49. The molecule has 1 amide bonds. The summed E-state index contributed by atoms with van der Waals surface area (Å²) >= 11 is 0.867. The average molecular weight is 279 g/mol. The standard InChI is InChI=1S/C11H9N3O4S/c15-8-3-1-7(2-4-8)14(6-10(16)17)11(18)9-5-12-19-13-9/h1-5,15H,6H2,(H,16,17). The van der Waals surface area contributed by atoms with Crippen molar-refractivity contribution in [2.45, 2.75) is 0 Å². The molecule has 98 valence electrons. The van der Waals surface area contributed by atoms with Gasteiger partial charge in [-0.25, -0.2) is 0 Å². The molecule has 0 spiro atoms. The molecule has 0 bridgehead atoms. The number of rotatable bonds is 4. The van der Waals surface area contributed by atoms with E-state index in [4.69, 9.17) is 5.11 Å². The van der Waals surface area contributed by atoms with E-state index in [1.54, 1.807) is 0 Å². The van der Waals surface area contributed by atoms with Crippen LogP contribution in [-0.2, 0) is 4.79 Å². The van der Waals surface area contributed by atoms with Crippen LogP contribution in [0.4, 0.5) is 5.69 Å². The first-order valence-electron chi connectivity index (χ1n) is 5.18. The molecule has 2 aromatic rings. The summed E-state index contributed by atoms with van der Waals surface area (Å²) in [6.07, 6.45) is 1.28. The van der Waals surface area contributed by atoms with Crippen molar-refractivity contribution in [2.24, 2.45) is 0 Å². The highest BCUT2D eigenvalue weighted by molar-refractivity contribution is 6.99. The second kappa shape index (κ2) is 5.44. The number of hydrogen-bond donors (Lipinski definition) is 2. The minimum atomic E-state index is -1.15. The number of phenolic OH excluding ortho intramolecular Hbond substituents is 1. The van der Waals surface area contributed by atoms with Crippen LogP contribution >= 0.6 is 11.7 Å². The first-order chi connectivity index (χ1) is 9.08. The fourth-order valence-corrected chi connectivity index (χ4v) is 1.85. The van der Waals surface area contributed by atoms with Crippen LogP contribution < -0.4 is 4.90 Å². The Morgan fingerprint density at radius 3 is 2.47 bits per heavy atom. The van der Waals surface area contributed by atoms with Gasteiger partial charge in [0.1, 0.15) is 12.3 Å². The van der Waals surface area contributed by atoms with Crippen LogP contribution in [0.1, 0.15) is 10.5 Å². The summed E-state index contributed by atoms with van der Waals surface area (Å²) in [6.45, 7) is -0.499. The molecular weight excluding hydrogens is 270 g/mol. The number of benzene rings is 1. The Balaban J connectivity index is 2.33. The van der Waals surface area contributed by atoms with Gasteiger partial charge in [0.2, 0.25) is 0 Å². The van der Waals surface area contributed by atoms with E-state index in [2.05, 4.69) is 8.75 Å². The summed E-state index contributed by atoms with van der Waals surface area (Å²) in [5.41, 5.74) is 0.442. The quantitative estimate of drug-likeness (QED) is 0.864. The number of anilines is 1. The molecule has 19 heavy (non-hydrogen) atoms. The summed E-state index contributed by atoms with van der Waals surface area (Å²) in [5.74, 6) is -1.67. The molecule has 1 aromatic heterocycles. The predicted octanol–water partition coefficient (Wildman–Crippen LogP) is 0.975. The van der Waals surface area contributed by atoms with E-state index in [9.17, 15) is 14.7 Å². The first kappa shape index (κ1) is 13.0. The maximum absolute atomic E-state index is 12.1. The molecule has 7 nitrogen and oxygen atoms in total. The number of carboxylic acids is 1. The molecule has 2 N–H and O–H groups in total. The van der Waals surface area contributed by atoms with E-state index in [1.165, 1.54) is 30.5 Å². The number of carbonyl (C=O) groups is 2. The molecule has 2 rings (SSSR count). The van der Waals surface area contributed by atoms with Crippen LogP contribution in [0, 0.1) is 0 Å². The number of aliphatic carboxylic acids is 1. The molecule has 0 unspecified atom stereocenters. The van der Waals surface area contributed by atoms with Gasteiger partial charge in [-0.3, -0.25) is 14.5 Å². The lowest BCUT2D eigenvalue weighted by molar-refractivity contribution is -0.135. The summed E-state index contributed by atoms with van der Waals surface area (Å²) in [5, 5.41) is 18.1. The summed E-state index contributed by atoms with van der Waals surface area (Å²) in [6, 6.07) is 5.65. The number of nitrogens with zero attached hydrogens (tertiary/aromatic N) is 3. The van der Waals surface area contributed by atoms with Gasteiger partial charge in [0.25, 0.3) is 5.91 Å². The van der Waals surface area contributed by atoms with Crippen molar-refractivity contribution in [1.29, 1.82) is 0 Å². The number of carboxylic acid groups (broad SMARTS) is 1. The third kappa shape index (κ3) is 3.05. The molecule has 0 aliphatic rings. The van der Waals surface area contributed by atoms with Crippen LogP contribution in [0.2, 0.25) is 0 Å². The molecule has 8 heteroatoms. The van der Waals surface area contributed by atoms with E-state index >= 15 is 0 Å². The Morgan fingerprint density at radius 1 is 1.26 bits per heavy atom. The SMILES string of the molecule is O=C(O)CN(C(=O)c1cnsn1)c1ccc(O)cc1. The topological polar surface area (TPSA) is 104 Å². The van der Waals surface area contributed by atoms with Gasteiger partial charge in [0.15, 0.2) is 5.69 Å². The average Bonchev–Trinajstić information content (AvgIpc) is 2.90. The van der Waals surface area contributed by atoms with Crippen molar-refractivity contribution < 1.29 is 19.8 Å². The molecule has 0 saturated carbocycles. The van der Waals surface area contributed by atoms with E-state index < -0.39 is 18.4 Å². The van der Waals surface area contributed by atoms with Gasteiger partial charge < -0.3 is 10.2 Å². The van der Waals surface area contributed by atoms with Gasteiger partial charge in [-0.15, -0.1) is 0 Å². The van der Waals surface area contributed by atoms with E-state index in [-0.39, 0.29) is 11.4 Å². The van der Waals surface area contributed by atoms with Crippen molar-refractivity contribution in [2.75, 3.05) is 11.4 Å². The molecule has 0 aliphatic heterocycles. The third-order valence-electron chi connectivity index (χ3n) is 2.28. The summed E-state index contributed by atoms with van der Waals surface area (Å²) in [4.78, 5) is 24.0. The molecule has 0 atom stereocenters. The molecule has 1 aromatic carbocycles. The zero-order valence-corrected chi connectivity index (χ0v) is 10.4. The lowest BCUT2D eigenvalue weighted by Gasteiger charge is -2.19. The van der Waals surface area contributed by atoms with Crippen LogP contribution in [0.25, 0.3) is 0 Å². The van der Waals surface area contributed by atoms with Gasteiger partial charge in [-0.2, -0.15) is 8.75 Å². The van der Waals surface area contributed by atoms with Gasteiger partial charge in [0.05, 0.1) is 17.9 Å². The summed E-state index contributed by atoms with van der Waals surface area (Å²) in [7, 11) is 0. The minimum absolute atomic E-state index is 0.0294. The molecular formula is C11H9N3O4S. The number of phenols is 1. The van der Waals surface area contributed by atoms with Crippen LogP contribution in [0.5, 0.6) is 5.75 Å². The molecule has 1 heterocycles. The van der Waals surface area contributed by atoms with Crippen LogP contribution in [-0.4, -0.2) is 37.4 Å². The second-order valence-corrected chi connectivity index (χ2v) is 4.15. The van der Waals surface area contributed by atoms with E-state index in [1.807, 2.05) is 0 Å². The number of amides is 1. The van der Waals surface area contributed by atoms with Crippen LogP contribution in [0.15, 0.2) is 30.5 Å². The number of hydrogen-bond acceptors (Lipinski definition) is 6. The van der Waals surface area contributed by atoms with Gasteiger partial charge in [-0.05, 0) is 24.3 Å². The van der Waals surface area contributed by atoms with Crippen LogP contribution in [0.3, 0.4) is 0 Å². The predicted molar refractivity (Wildman–Crippen MR) is 67.3 cm³/mol. The Labute approximate surface area is 112 Å². The van der Waals surface area contributed by atoms with E-state index in [0.29, 0.717) is 5.69 Å². The van der Waals surface area contributed by atoms with Crippen molar-refractivity contribution >= 4 is 29.3 Å². The highest BCUT2D eigenvalue weighted by Crippen LogP contribution is 2.20. The Morgan fingerprint density at radius 2 is 1.95 bits per heavy atom. The lowest BCUT2D eigenvalue weighted by atomic mass is 10.2. The lowest BCUT2D eigenvalue weighted by Crippen LogP contribution is -2.35. The normalized spacial score (nSPS) is 10.1. The number of carbonyl (C=O) groups excluding carboxylic acids is 1. The monoisotopic (exact) mass is 279 g/mol. The molecule has 0 saturated heterocycles. The maximum Gasteiger partial charge on any atom is 0.323 e. The molecule has 0 fully saturated rings. The Bertz CT molecular complexity index is 582.